The molecule has 0 saturated carbocycles. The molecule has 1 amide bonds. The molecule has 0 aliphatic heterocycles. The van der Waals surface area contributed by atoms with Gasteiger partial charge in [0.2, 0.25) is 5.91 Å². The minimum atomic E-state index is -4.54. The highest BCUT2D eigenvalue weighted by molar-refractivity contribution is 5.93. The summed E-state index contributed by atoms with van der Waals surface area (Å²) in [5.41, 5.74) is 5.60. The molecule has 0 bridgehead atoms. The molecule has 4 N–H and O–H groups in total. The third-order valence-electron chi connectivity index (χ3n) is 4.54. The average molecular weight is 432 g/mol. The van der Waals surface area contributed by atoms with E-state index < -0.39 is 24.2 Å². The van der Waals surface area contributed by atoms with Crippen molar-refractivity contribution in [3.63, 3.8) is 0 Å². The van der Waals surface area contributed by atoms with Crippen molar-refractivity contribution in [1.82, 2.24) is 25.3 Å². The van der Waals surface area contributed by atoms with Gasteiger partial charge in [0.1, 0.15) is 17.8 Å². The standard InChI is InChI=1S/C20H19F3N6O2/c1-19(18(24)30,28-11-20(21,22)23)16-10-25-9-15(29-16)14-8-27-17-13(14)6-12(7-26-17)4-3-5-31-2/h6-10,28H,5,11H2,1-2H3,(H2,24,30)(H,26,27)/t19-/m0/s1. The summed E-state index contributed by atoms with van der Waals surface area (Å²) in [5.74, 6) is 4.74. The summed E-state index contributed by atoms with van der Waals surface area (Å²) in [6.07, 6.45) is 1.33. The van der Waals surface area contributed by atoms with Gasteiger partial charge in [0, 0.05) is 36.0 Å². The van der Waals surface area contributed by atoms with Crippen LogP contribution in [0, 0.1) is 11.8 Å². The second-order valence-corrected chi connectivity index (χ2v) is 6.80. The summed E-state index contributed by atoms with van der Waals surface area (Å²) in [7, 11) is 1.54. The largest absolute Gasteiger partial charge is 0.401 e. The third-order valence-corrected chi connectivity index (χ3v) is 4.54. The molecule has 0 aliphatic carbocycles. The van der Waals surface area contributed by atoms with Crippen molar-refractivity contribution in [3.05, 3.63) is 42.1 Å². The maximum Gasteiger partial charge on any atom is 0.401 e. The number of nitrogens with one attached hydrogen (secondary N) is 2. The Balaban J connectivity index is 2.02. The number of hydrogen-bond acceptors (Lipinski definition) is 6. The van der Waals surface area contributed by atoms with Gasteiger partial charge in [-0.05, 0) is 13.0 Å². The van der Waals surface area contributed by atoms with Gasteiger partial charge in [-0.15, -0.1) is 0 Å². The number of pyridine rings is 1. The number of alkyl halides is 3. The highest BCUT2D eigenvalue weighted by atomic mass is 19.4. The number of methoxy groups -OCH3 is 1. The van der Waals surface area contributed by atoms with Gasteiger partial charge in [-0.1, -0.05) is 11.8 Å². The van der Waals surface area contributed by atoms with Crippen LogP contribution in [-0.2, 0) is 15.1 Å². The van der Waals surface area contributed by atoms with Crippen LogP contribution in [-0.4, -0.2) is 52.3 Å². The molecule has 3 rings (SSSR count). The quantitative estimate of drug-likeness (QED) is 0.512. The molecule has 0 unspecified atom stereocenters. The van der Waals surface area contributed by atoms with Gasteiger partial charge in [0.05, 0.1) is 30.3 Å². The number of carbonyl (C=O) groups is 1. The van der Waals surface area contributed by atoms with Gasteiger partial charge in [-0.25, -0.2) is 9.97 Å². The van der Waals surface area contributed by atoms with E-state index >= 15 is 0 Å². The molecule has 0 aromatic carbocycles. The lowest BCUT2D eigenvalue weighted by Crippen LogP contribution is -2.53. The van der Waals surface area contributed by atoms with Crippen LogP contribution in [0.1, 0.15) is 18.2 Å². The minimum absolute atomic E-state index is 0.0416. The van der Waals surface area contributed by atoms with E-state index in [0.29, 0.717) is 27.9 Å². The van der Waals surface area contributed by atoms with E-state index in [9.17, 15) is 18.0 Å². The number of nitrogens with two attached hydrogens (primary N) is 1. The number of halogens is 3. The third kappa shape index (κ3) is 4.99. The van der Waals surface area contributed by atoms with Crippen LogP contribution in [0.15, 0.2) is 30.9 Å². The predicted octanol–water partition coefficient (Wildman–Crippen LogP) is 1.87. The first kappa shape index (κ1) is 22.2. The molecule has 3 aromatic heterocycles. The van der Waals surface area contributed by atoms with Gasteiger partial charge in [0.15, 0.2) is 0 Å². The lowest BCUT2D eigenvalue weighted by molar-refractivity contribution is -0.136. The van der Waals surface area contributed by atoms with Crippen LogP contribution in [0.5, 0.6) is 0 Å². The number of nitrogens with zero attached hydrogens (tertiary/aromatic N) is 3. The summed E-state index contributed by atoms with van der Waals surface area (Å²) in [4.78, 5) is 27.7. The van der Waals surface area contributed by atoms with Crippen LogP contribution in [0.25, 0.3) is 22.3 Å². The molecule has 162 valence electrons. The Hall–Kier alpha value is -3.49. The molecule has 3 heterocycles. The Morgan fingerprint density at radius 2 is 2.10 bits per heavy atom. The van der Waals surface area contributed by atoms with E-state index in [2.05, 4.69) is 37.1 Å². The Morgan fingerprint density at radius 3 is 2.77 bits per heavy atom. The first-order valence-corrected chi connectivity index (χ1v) is 9.03. The number of aromatic nitrogens is 4. The van der Waals surface area contributed by atoms with Crippen LogP contribution >= 0.6 is 0 Å². The molecule has 11 heteroatoms. The van der Waals surface area contributed by atoms with Crippen molar-refractivity contribution in [2.45, 2.75) is 18.6 Å². The van der Waals surface area contributed by atoms with Crippen molar-refractivity contribution in [2.75, 3.05) is 20.3 Å². The smallest absolute Gasteiger partial charge is 0.372 e. The summed E-state index contributed by atoms with van der Waals surface area (Å²) in [6.45, 7) is 0.0795. The SMILES string of the molecule is COCC#Cc1cnc2[nH]cc(-c3cncc([C@](C)(NCC(F)(F)F)C(N)=O)n3)c2c1. The maximum absolute atomic E-state index is 12.7. The van der Waals surface area contributed by atoms with Gasteiger partial charge in [-0.2, -0.15) is 13.2 Å². The van der Waals surface area contributed by atoms with Crippen molar-refractivity contribution >= 4 is 16.9 Å². The summed E-state index contributed by atoms with van der Waals surface area (Å²) < 4.78 is 43.0. The maximum atomic E-state index is 12.7. The van der Waals surface area contributed by atoms with E-state index in [1.54, 1.807) is 18.5 Å². The topological polar surface area (TPSA) is 119 Å². The van der Waals surface area contributed by atoms with Gasteiger partial charge in [0.25, 0.3) is 0 Å². The second kappa shape index (κ2) is 8.71. The van der Waals surface area contributed by atoms with Gasteiger partial charge >= 0.3 is 6.18 Å². The Kier molecular flexibility index (Phi) is 6.24. The lowest BCUT2D eigenvalue weighted by atomic mass is 9.96. The van der Waals surface area contributed by atoms with Crippen molar-refractivity contribution in [1.29, 1.82) is 0 Å². The van der Waals surface area contributed by atoms with E-state index in [1.165, 1.54) is 26.4 Å². The van der Waals surface area contributed by atoms with Crippen molar-refractivity contribution in [2.24, 2.45) is 5.73 Å². The molecule has 0 spiro atoms. The Bertz CT molecular complexity index is 1160. The first-order valence-electron chi connectivity index (χ1n) is 9.03. The van der Waals surface area contributed by atoms with Crippen molar-refractivity contribution < 1.29 is 22.7 Å². The molecular formula is C20H19F3N6O2. The lowest BCUT2D eigenvalue weighted by Gasteiger charge is -2.27. The van der Waals surface area contributed by atoms with Crippen LogP contribution < -0.4 is 11.1 Å². The predicted molar refractivity (Wildman–Crippen MR) is 106 cm³/mol. The molecule has 1 atom stereocenters. The molecule has 3 aromatic rings. The molecule has 0 saturated heterocycles. The number of amides is 1. The highest BCUT2D eigenvalue weighted by Gasteiger charge is 2.39. The van der Waals surface area contributed by atoms with Gasteiger partial charge in [-0.3, -0.25) is 15.1 Å². The van der Waals surface area contributed by atoms with Crippen LogP contribution in [0.4, 0.5) is 13.2 Å². The molecule has 31 heavy (non-hydrogen) atoms. The summed E-state index contributed by atoms with van der Waals surface area (Å²) in [6, 6.07) is 1.79. The molecule has 0 aliphatic rings. The summed E-state index contributed by atoms with van der Waals surface area (Å²) >= 11 is 0. The van der Waals surface area contributed by atoms with Crippen molar-refractivity contribution in [3.8, 4) is 23.1 Å². The number of aromatic amines is 1. The molecule has 0 radical (unpaired) electrons. The number of rotatable bonds is 6. The van der Waals surface area contributed by atoms with E-state index in [4.69, 9.17) is 10.5 Å². The number of hydrogen-bond donors (Lipinski definition) is 3. The number of carbonyl (C=O) groups excluding carboxylic acids is 1. The molecular weight excluding hydrogens is 413 g/mol. The number of ether oxygens (including phenoxy) is 1. The Morgan fingerprint density at radius 1 is 1.32 bits per heavy atom. The molecule has 8 nitrogen and oxygen atoms in total. The summed E-state index contributed by atoms with van der Waals surface area (Å²) in [5, 5.41) is 2.83. The van der Waals surface area contributed by atoms with E-state index in [0.717, 1.165) is 0 Å². The van der Waals surface area contributed by atoms with E-state index in [-0.39, 0.29) is 12.3 Å². The number of H-pyrrole nitrogens is 1. The normalized spacial score (nSPS) is 13.5. The fraction of sp³-hybridized carbons (Fsp3) is 0.300. The number of primary amides is 1. The minimum Gasteiger partial charge on any atom is -0.372 e. The second-order valence-electron chi connectivity index (χ2n) is 6.80. The van der Waals surface area contributed by atoms with E-state index in [1.807, 2.05) is 0 Å². The first-order chi connectivity index (χ1) is 14.6. The monoisotopic (exact) mass is 432 g/mol. The highest BCUT2D eigenvalue weighted by Crippen LogP contribution is 2.28. The number of fused-ring (bicyclic) bond motifs is 1. The zero-order chi connectivity index (χ0) is 22.6. The fourth-order valence-electron chi connectivity index (χ4n) is 2.81. The zero-order valence-corrected chi connectivity index (χ0v) is 16.7. The van der Waals surface area contributed by atoms with Crippen LogP contribution in [0.3, 0.4) is 0 Å². The van der Waals surface area contributed by atoms with Gasteiger partial charge < -0.3 is 15.5 Å². The average Bonchev–Trinajstić information content (AvgIpc) is 3.15. The van der Waals surface area contributed by atoms with Crippen LogP contribution in [0.2, 0.25) is 0 Å². The molecule has 0 fully saturated rings. The zero-order valence-electron chi connectivity index (χ0n) is 16.7. The Labute approximate surface area is 175 Å². The fourth-order valence-corrected chi connectivity index (χ4v) is 2.81.